The van der Waals surface area contributed by atoms with Crippen LogP contribution in [0, 0.1) is 13.8 Å². The van der Waals surface area contributed by atoms with Gasteiger partial charge in [-0.3, -0.25) is 0 Å². The largest absolute Gasteiger partial charge is 0.497 e. The Kier molecular flexibility index (Phi) is 4.42. The van der Waals surface area contributed by atoms with Crippen molar-refractivity contribution in [3.8, 4) is 5.75 Å². The molecule has 0 aliphatic rings. The predicted molar refractivity (Wildman–Crippen MR) is 111 cm³/mol. The molecule has 27 heavy (non-hydrogen) atoms. The van der Waals surface area contributed by atoms with E-state index in [1.165, 1.54) is 11.1 Å². The topological polar surface area (TPSA) is 54.4 Å². The smallest absolute Gasteiger partial charge is 0.119 e. The first kappa shape index (κ1) is 17.3. The van der Waals surface area contributed by atoms with E-state index in [0.29, 0.717) is 0 Å². The van der Waals surface area contributed by atoms with E-state index in [1.54, 1.807) is 7.11 Å². The van der Waals surface area contributed by atoms with E-state index in [2.05, 4.69) is 31.3 Å². The van der Waals surface area contributed by atoms with E-state index < -0.39 is 0 Å². The lowest BCUT2D eigenvalue weighted by atomic mass is 10.0. The molecule has 0 unspecified atom stereocenters. The maximum absolute atomic E-state index is 9.27. The van der Waals surface area contributed by atoms with Crippen LogP contribution in [0.2, 0.25) is 0 Å². The first-order chi connectivity index (χ1) is 13.1. The van der Waals surface area contributed by atoms with Gasteiger partial charge < -0.3 is 15.2 Å². The molecule has 0 radical (unpaired) electrons. The summed E-state index contributed by atoms with van der Waals surface area (Å²) in [5.41, 5.74) is 7.19. The number of nitrogens with one attached hydrogen (secondary N) is 1. The van der Waals surface area contributed by atoms with Crippen LogP contribution in [0.15, 0.2) is 54.6 Å². The molecule has 1 aromatic heterocycles. The third-order valence-electron chi connectivity index (χ3n) is 5.00. The number of aliphatic hydroxyl groups excluding tert-OH is 1. The number of aliphatic hydroxyl groups is 1. The van der Waals surface area contributed by atoms with Crippen molar-refractivity contribution in [1.82, 2.24) is 4.98 Å². The van der Waals surface area contributed by atoms with Gasteiger partial charge in [0.05, 0.1) is 30.4 Å². The van der Waals surface area contributed by atoms with Gasteiger partial charge in [0, 0.05) is 16.5 Å². The van der Waals surface area contributed by atoms with Gasteiger partial charge in [-0.2, -0.15) is 0 Å². The maximum atomic E-state index is 9.27. The van der Waals surface area contributed by atoms with E-state index >= 15 is 0 Å². The lowest BCUT2D eigenvalue weighted by Gasteiger charge is -2.15. The van der Waals surface area contributed by atoms with Crippen molar-refractivity contribution in [2.24, 2.45) is 0 Å². The third-order valence-corrected chi connectivity index (χ3v) is 5.00. The summed E-state index contributed by atoms with van der Waals surface area (Å²) in [5, 5.41) is 14.9. The molecule has 0 fully saturated rings. The number of aryl methyl sites for hydroxylation is 2. The Morgan fingerprint density at radius 1 is 0.889 bits per heavy atom. The van der Waals surface area contributed by atoms with Crippen LogP contribution in [0.3, 0.4) is 0 Å². The number of aromatic nitrogens is 1. The summed E-state index contributed by atoms with van der Waals surface area (Å²) in [6.45, 7) is 4.26. The van der Waals surface area contributed by atoms with Gasteiger partial charge in [0.1, 0.15) is 5.75 Å². The monoisotopic (exact) mass is 358 g/mol. The van der Waals surface area contributed by atoms with E-state index in [1.807, 2.05) is 42.5 Å². The number of ether oxygens (including phenoxy) is 1. The summed E-state index contributed by atoms with van der Waals surface area (Å²) < 4.78 is 5.43. The fourth-order valence-corrected chi connectivity index (χ4v) is 3.28. The average Bonchev–Trinajstić information content (AvgIpc) is 2.69. The van der Waals surface area contributed by atoms with Crippen LogP contribution in [-0.4, -0.2) is 17.2 Å². The van der Waals surface area contributed by atoms with Gasteiger partial charge >= 0.3 is 0 Å². The minimum absolute atomic E-state index is 0.0388. The molecule has 3 aromatic carbocycles. The fourth-order valence-electron chi connectivity index (χ4n) is 3.28. The van der Waals surface area contributed by atoms with Gasteiger partial charge in [-0.15, -0.1) is 0 Å². The van der Waals surface area contributed by atoms with E-state index in [4.69, 9.17) is 9.72 Å². The average molecular weight is 358 g/mol. The van der Waals surface area contributed by atoms with Gasteiger partial charge in [0.2, 0.25) is 0 Å². The standard InChI is InChI=1S/C23H22N2O2/c1-14-10-19-22(11-15(14)2)25-21-9-8-18(27-3)12-20(21)23(19)24-17-6-4-16(13-26)5-7-17/h4-12,26H,13H2,1-3H3,(H,24,25). The number of hydrogen-bond acceptors (Lipinski definition) is 4. The van der Waals surface area contributed by atoms with Crippen LogP contribution in [-0.2, 0) is 6.61 Å². The summed E-state index contributed by atoms with van der Waals surface area (Å²) in [4.78, 5) is 4.86. The number of methoxy groups -OCH3 is 1. The summed E-state index contributed by atoms with van der Waals surface area (Å²) in [6, 6.07) is 18.0. The van der Waals surface area contributed by atoms with Gasteiger partial charge in [-0.1, -0.05) is 12.1 Å². The van der Waals surface area contributed by atoms with E-state index in [0.717, 1.165) is 44.5 Å². The number of rotatable bonds is 4. The number of benzene rings is 3. The third kappa shape index (κ3) is 3.20. The zero-order valence-electron chi connectivity index (χ0n) is 15.7. The molecule has 4 rings (SSSR count). The number of nitrogens with zero attached hydrogens (tertiary/aromatic N) is 1. The number of pyridine rings is 1. The molecule has 0 spiro atoms. The highest BCUT2D eigenvalue weighted by atomic mass is 16.5. The first-order valence-corrected chi connectivity index (χ1v) is 8.94. The highest BCUT2D eigenvalue weighted by molar-refractivity contribution is 6.09. The molecule has 0 aliphatic heterocycles. The highest BCUT2D eigenvalue weighted by Gasteiger charge is 2.12. The molecule has 0 saturated heterocycles. The zero-order valence-corrected chi connectivity index (χ0v) is 15.7. The molecule has 136 valence electrons. The van der Waals surface area contributed by atoms with Crippen LogP contribution < -0.4 is 10.1 Å². The summed E-state index contributed by atoms with van der Waals surface area (Å²) in [5.74, 6) is 0.797. The molecule has 0 atom stereocenters. The molecule has 0 amide bonds. The van der Waals surface area contributed by atoms with Gasteiger partial charge in [-0.25, -0.2) is 4.98 Å². The van der Waals surface area contributed by atoms with Crippen molar-refractivity contribution in [1.29, 1.82) is 0 Å². The quantitative estimate of drug-likeness (QED) is 0.489. The van der Waals surface area contributed by atoms with Crippen LogP contribution in [0.1, 0.15) is 16.7 Å². The lowest BCUT2D eigenvalue weighted by molar-refractivity contribution is 0.282. The highest BCUT2D eigenvalue weighted by Crippen LogP contribution is 2.36. The van der Waals surface area contributed by atoms with Crippen molar-refractivity contribution >= 4 is 33.2 Å². The van der Waals surface area contributed by atoms with Crippen molar-refractivity contribution in [2.75, 3.05) is 12.4 Å². The Labute approximate surface area is 158 Å². The summed E-state index contributed by atoms with van der Waals surface area (Å²) in [6.07, 6.45) is 0. The number of anilines is 2. The van der Waals surface area contributed by atoms with Gasteiger partial charge in [0.25, 0.3) is 0 Å². The maximum Gasteiger partial charge on any atom is 0.119 e. The Hall–Kier alpha value is -3.11. The van der Waals surface area contributed by atoms with Gasteiger partial charge in [-0.05, 0) is 73.0 Å². The Bertz CT molecular complexity index is 1130. The molecule has 0 bridgehead atoms. The Balaban J connectivity index is 1.97. The minimum atomic E-state index is 0.0388. The second-order valence-electron chi connectivity index (χ2n) is 6.80. The predicted octanol–water partition coefficient (Wildman–Crippen LogP) is 5.25. The number of fused-ring (bicyclic) bond motifs is 2. The molecule has 4 heteroatoms. The van der Waals surface area contributed by atoms with Crippen molar-refractivity contribution in [3.05, 3.63) is 71.3 Å². The zero-order chi connectivity index (χ0) is 19.0. The molecule has 1 heterocycles. The van der Waals surface area contributed by atoms with Crippen LogP contribution in [0.4, 0.5) is 11.4 Å². The second kappa shape index (κ2) is 6.89. The summed E-state index contributed by atoms with van der Waals surface area (Å²) >= 11 is 0. The molecule has 0 saturated carbocycles. The molecular weight excluding hydrogens is 336 g/mol. The Morgan fingerprint density at radius 2 is 1.59 bits per heavy atom. The fraction of sp³-hybridized carbons (Fsp3) is 0.174. The molecule has 2 N–H and O–H groups in total. The van der Waals surface area contributed by atoms with E-state index in [9.17, 15) is 5.11 Å². The normalized spacial score (nSPS) is 11.1. The number of hydrogen-bond donors (Lipinski definition) is 2. The SMILES string of the molecule is COc1ccc2nc3cc(C)c(C)cc3c(Nc3ccc(CO)cc3)c2c1. The van der Waals surface area contributed by atoms with Crippen LogP contribution >= 0.6 is 0 Å². The molecule has 4 aromatic rings. The second-order valence-corrected chi connectivity index (χ2v) is 6.80. The lowest BCUT2D eigenvalue weighted by Crippen LogP contribution is -1.97. The molecule has 4 nitrogen and oxygen atoms in total. The van der Waals surface area contributed by atoms with Crippen molar-refractivity contribution in [2.45, 2.75) is 20.5 Å². The summed E-state index contributed by atoms with van der Waals surface area (Å²) in [7, 11) is 1.67. The van der Waals surface area contributed by atoms with Crippen molar-refractivity contribution < 1.29 is 9.84 Å². The van der Waals surface area contributed by atoms with E-state index in [-0.39, 0.29) is 6.61 Å². The van der Waals surface area contributed by atoms with Crippen LogP contribution in [0.25, 0.3) is 21.8 Å². The first-order valence-electron chi connectivity index (χ1n) is 8.94. The van der Waals surface area contributed by atoms with Crippen LogP contribution in [0.5, 0.6) is 5.75 Å². The molecular formula is C23H22N2O2. The van der Waals surface area contributed by atoms with Gasteiger partial charge in [0.15, 0.2) is 0 Å². The van der Waals surface area contributed by atoms with Crippen molar-refractivity contribution in [3.63, 3.8) is 0 Å². The molecule has 0 aliphatic carbocycles. The minimum Gasteiger partial charge on any atom is -0.497 e. The Morgan fingerprint density at radius 3 is 2.30 bits per heavy atom.